The quantitative estimate of drug-likeness (QED) is 0.835. The number of nitrogens with two attached hydrogens (primary N) is 1. The van der Waals surface area contributed by atoms with E-state index in [4.69, 9.17) is 10.5 Å². The van der Waals surface area contributed by atoms with Crippen molar-refractivity contribution >= 4 is 11.4 Å². The summed E-state index contributed by atoms with van der Waals surface area (Å²) in [5.74, 6) is 0.474. The molecule has 4 heteroatoms. The molecule has 1 saturated heterocycles. The van der Waals surface area contributed by atoms with Gasteiger partial charge in [0.1, 0.15) is 0 Å². The first-order chi connectivity index (χ1) is 8.82. The van der Waals surface area contributed by atoms with Crippen LogP contribution in [0, 0.1) is 17.2 Å². The summed E-state index contributed by atoms with van der Waals surface area (Å²) in [7, 11) is 1.47. The van der Waals surface area contributed by atoms with E-state index in [1.807, 2.05) is 0 Å². The van der Waals surface area contributed by atoms with Gasteiger partial charge in [-0.1, -0.05) is 20.8 Å². The van der Waals surface area contributed by atoms with Gasteiger partial charge in [-0.2, -0.15) is 0 Å². The molecule has 0 spiro atoms. The smallest absolute Gasteiger partial charge is 0.167 e. The fourth-order valence-corrected chi connectivity index (χ4v) is 2.67. The van der Waals surface area contributed by atoms with Gasteiger partial charge in [-0.15, -0.1) is 0 Å². The summed E-state index contributed by atoms with van der Waals surface area (Å²) in [4.78, 5) is 2.23. The van der Waals surface area contributed by atoms with Crippen molar-refractivity contribution < 1.29 is 9.13 Å². The molecule has 1 aromatic rings. The van der Waals surface area contributed by atoms with Crippen LogP contribution in [0.25, 0.3) is 0 Å². The monoisotopic (exact) mass is 266 g/mol. The van der Waals surface area contributed by atoms with Crippen molar-refractivity contribution in [3.63, 3.8) is 0 Å². The van der Waals surface area contributed by atoms with E-state index in [1.54, 1.807) is 6.07 Å². The highest BCUT2D eigenvalue weighted by atomic mass is 19.1. The molecule has 1 atom stereocenters. The van der Waals surface area contributed by atoms with Gasteiger partial charge in [0.25, 0.3) is 0 Å². The van der Waals surface area contributed by atoms with Gasteiger partial charge in [0.2, 0.25) is 0 Å². The van der Waals surface area contributed by atoms with E-state index >= 15 is 0 Å². The second-order valence-electron chi connectivity index (χ2n) is 6.34. The van der Waals surface area contributed by atoms with E-state index < -0.39 is 5.82 Å². The highest BCUT2D eigenvalue weighted by Gasteiger charge is 2.32. The van der Waals surface area contributed by atoms with Crippen LogP contribution in [-0.4, -0.2) is 20.2 Å². The molecule has 19 heavy (non-hydrogen) atoms. The molecular weight excluding hydrogens is 243 g/mol. The average Bonchev–Trinajstić information content (AvgIpc) is 2.78. The standard InChI is InChI=1S/C15H23FN2O/c1-15(2,3)10-5-6-18(9-10)13-8-14(19-4)11(16)7-12(13)17/h7-8,10H,5-6,9,17H2,1-4H3. The minimum Gasteiger partial charge on any atom is -0.494 e. The Labute approximate surface area is 114 Å². The van der Waals surface area contributed by atoms with Gasteiger partial charge in [-0.05, 0) is 17.8 Å². The van der Waals surface area contributed by atoms with Crippen molar-refractivity contribution in [3.05, 3.63) is 17.9 Å². The zero-order chi connectivity index (χ0) is 14.2. The van der Waals surface area contributed by atoms with Gasteiger partial charge < -0.3 is 15.4 Å². The first-order valence-electron chi connectivity index (χ1n) is 6.71. The molecule has 1 aromatic carbocycles. The van der Waals surface area contributed by atoms with Crippen LogP contribution in [-0.2, 0) is 0 Å². The Morgan fingerprint density at radius 1 is 1.37 bits per heavy atom. The molecule has 106 valence electrons. The fraction of sp³-hybridized carbons (Fsp3) is 0.600. The van der Waals surface area contributed by atoms with Gasteiger partial charge >= 0.3 is 0 Å². The van der Waals surface area contributed by atoms with Crippen molar-refractivity contribution in [2.24, 2.45) is 11.3 Å². The summed E-state index contributed by atoms with van der Waals surface area (Å²) in [5, 5.41) is 0. The van der Waals surface area contributed by atoms with Crippen LogP contribution < -0.4 is 15.4 Å². The Kier molecular flexibility index (Phi) is 3.61. The summed E-state index contributed by atoms with van der Waals surface area (Å²) in [5.41, 5.74) is 7.59. The lowest BCUT2D eigenvalue weighted by Gasteiger charge is -2.28. The number of rotatable bonds is 2. The molecule has 1 aliphatic rings. The molecule has 0 aliphatic carbocycles. The number of nitrogen functional groups attached to an aromatic ring is 1. The fourth-order valence-electron chi connectivity index (χ4n) is 2.67. The van der Waals surface area contributed by atoms with Crippen LogP contribution in [0.2, 0.25) is 0 Å². The molecule has 2 rings (SSSR count). The zero-order valence-corrected chi connectivity index (χ0v) is 12.2. The predicted molar refractivity (Wildman–Crippen MR) is 77.1 cm³/mol. The van der Waals surface area contributed by atoms with Gasteiger partial charge in [0.15, 0.2) is 11.6 Å². The van der Waals surface area contributed by atoms with E-state index in [-0.39, 0.29) is 11.2 Å². The number of anilines is 2. The minimum absolute atomic E-state index is 0.253. The number of hydrogen-bond acceptors (Lipinski definition) is 3. The van der Waals surface area contributed by atoms with Crippen LogP contribution >= 0.6 is 0 Å². The maximum absolute atomic E-state index is 13.6. The Morgan fingerprint density at radius 2 is 2.05 bits per heavy atom. The van der Waals surface area contributed by atoms with Gasteiger partial charge in [0.05, 0.1) is 18.5 Å². The number of ether oxygens (including phenoxy) is 1. The molecule has 0 aromatic heterocycles. The second kappa shape index (κ2) is 4.91. The summed E-state index contributed by atoms with van der Waals surface area (Å²) in [6.07, 6.45) is 1.14. The van der Waals surface area contributed by atoms with Gasteiger partial charge in [0, 0.05) is 25.2 Å². The van der Waals surface area contributed by atoms with E-state index in [2.05, 4.69) is 25.7 Å². The van der Waals surface area contributed by atoms with Gasteiger partial charge in [-0.25, -0.2) is 4.39 Å². The highest BCUT2D eigenvalue weighted by Crippen LogP contribution is 2.39. The van der Waals surface area contributed by atoms with Crippen molar-refractivity contribution in [1.29, 1.82) is 0 Å². The molecule has 3 nitrogen and oxygen atoms in total. The molecule has 1 aliphatic heterocycles. The molecule has 1 fully saturated rings. The zero-order valence-electron chi connectivity index (χ0n) is 12.2. The number of methoxy groups -OCH3 is 1. The molecule has 1 unspecified atom stereocenters. The lowest BCUT2D eigenvalue weighted by Crippen LogP contribution is -2.26. The number of nitrogens with zero attached hydrogens (tertiary/aromatic N) is 1. The Balaban J connectivity index is 2.24. The lowest BCUT2D eigenvalue weighted by atomic mass is 9.80. The summed E-state index contributed by atoms with van der Waals surface area (Å²) in [6, 6.07) is 3.05. The minimum atomic E-state index is -0.407. The van der Waals surface area contributed by atoms with Crippen LogP contribution in [0.4, 0.5) is 15.8 Å². The first kappa shape index (κ1) is 14.0. The molecule has 0 bridgehead atoms. The highest BCUT2D eigenvalue weighted by molar-refractivity contribution is 5.70. The maximum Gasteiger partial charge on any atom is 0.167 e. The number of halogens is 1. The summed E-state index contributed by atoms with van der Waals surface area (Å²) < 4.78 is 18.6. The lowest BCUT2D eigenvalue weighted by molar-refractivity contribution is 0.263. The van der Waals surface area contributed by atoms with Gasteiger partial charge in [-0.3, -0.25) is 0 Å². The van der Waals surface area contributed by atoms with E-state index in [1.165, 1.54) is 13.2 Å². The molecule has 2 N–H and O–H groups in total. The third-order valence-electron chi connectivity index (χ3n) is 4.05. The SMILES string of the molecule is COc1cc(N2CCC(C(C)(C)C)C2)c(N)cc1F. The van der Waals surface area contributed by atoms with E-state index in [9.17, 15) is 4.39 Å². The molecule has 1 heterocycles. The van der Waals surface area contributed by atoms with Crippen LogP contribution in [0.3, 0.4) is 0 Å². The van der Waals surface area contributed by atoms with Crippen LogP contribution in [0.5, 0.6) is 5.75 Å². The molecular formula is C15H23FN2O. The third-order valence-corrected chi connectivity index (χ3v) is 4.05. The van der Waals surface area contributed by atoms with Crippen molar-refractivity contribution in [2.75, 3.05) is 30.8 Å². The maximum atomic E-state index is 13.6. The molecule has 0 radical (unpaired) electrons. The number of hydrogen-bond donors (Lipinski definition) is 1. The number of benzene rings is 1. The Morgan fingerprint density at radius 3 is 2.58 bits per heavy atom. The topological polar surface area (TPSA) is 38.5 Å². The van der Waals surface area contributed by atoms with Crippen molar-refractivity contribution in [2.45, 2.75) is 27.2 Å². The van der Waals surface area contributed by atoms with Crippen molar-refractivity contribution in [1.82, 2.24) is 0 Å². The van der Waals surface area contributed by atoms with Crippen LogP contribution in [0.15, 0.2) is 12.1 Å². The predicted octanol–water partition coefficient (Wildman–Crippen LogP) is 3.29. The van der Waals surface area contributed by atoms with Crippen molar-refractivity contribution in [3.8, 4) is 5.75 Å². The van der Waals surface area contributed by atoms with E-state index in [0.717, 1.165) is 25.2 Å². The largest absolute Gasteiger partial charge is 0.494 e. The first-order valence-corrected chi connectivity index (χ1v) is 6.71. The second-order valence-corrected chi connectivity index (χ2v) is 6.34. The Hall–Kier alpha value is -1.45. The molecule has 0 saturated carbocycles. The molecule has 0 amide bonds. The Bertz CT molecular complexity index is 468. The normalized spacial score (nSPS) is 19.8. The summed E-state index contributed by atoms with van der Waals surface area (Å²) in [6.45, 7) is 8.70. The van der Waals surface area contributed by atoms with E-state index in [0.29, 0.717) is 11.6 Å². The summed E-state index contributed by atoms with van der Waals surface area (Å²) >= 11 is 0. The third kappa shape index (κ3) is 2.77. The average molecular weight is 266 g/mol. The van der Waals surface area contributed by atoms with Crippen LogP contribution in [0.1, 0.15) is 27.2 Å².